The van der Waals surface area contributed by atoms with Crippen LogP contribution in [0.5, 0.6) is 0 Å². The number of aryl methyl sites for hydroxylation is 2. The van der Waals surface area contributed by atoms with Crippen LogP contribution in [0.2, 0.25) is 0 Å². The SMILES string of the molecule is Cc1ccc(N(Cc2cccnc2)C2=NCCS2)c(C)c1. The lowest BCUT2D eigenvalue weighted by Crippen LogP contribution is -2.27. The average molecular weight is 297 g/mol. The van der Waals surface area contributed by atoms with Gasteiger partial charge in [0.1, 0.15) is 0 Å². The highest BCUT2D eigenvalue weighted by Crippen LogP contribution is 2.28. The molecule has 1 aliphatic heterocycles. The van der Waals surface area contributed by atoms with E-state index >= 15 is 0 Å². The lowest BCUT2D eigenvalue weighted by atomic mass is 10.1. The van der Waals surface area contributed by atoms with Gasteiger partial charge in [0.05, 0.1) is 13.1 Å². The molecule has 0 atom stereocenters. The molecule has 0 saturated carbocycles. The Morgan fingerprint density at radius 3 is 2.81 bits per heavy atom. The highest BCUT2D eigenvalue weighted by Gasteiger charge is 2.19. The molecule has 1 aliphatic rings. The van der Waals surface area contributed by atoms with Gasteiger partial charge in [-0.25, -0.2) is 0 Å². The van der Waals surface area contributed by atoms with Gasteiger partial charge in [-0.15, -0.1) is 0 Å². The van der Waals surface area contributed by atoms with Crippen molar-refractivity contribution < 1.29 is 0 Å². The molecular formula is C17H19N3S. The van der Waals surface area contributed by atoms with E-state index in [-0.39, 0.29) is 0 Å². The molecule has 0 fully saturated rings. The minimum atomic E-state index is 0.809. The van der Waals surface area contributed by atoms with Gasteiger partial charge in [-0.05, 0) is 37.1 Å². The van der Waals surface area contributed by atoms with Crippen LogP contribution in [0.25, 0.3) is 0 Å². The van der Waals surface area contributed by atoms with Crippen LogP contribution in [0.1, 0.15) is 16.7 Å². The van der Waals surface area contributed by atoms with Crippen LogP contribution in [-0.2, 0) is 6.54 Å². The smallest absolute Gasteiger partial charge is 0.164 e. The van der Waals surface area contributed by atoms with Crippen LogP contribution in [0.15, 0.2) is 47.7 Å². The van der Waals surface area contributed by atoms with Gasteiger partial charge in [0, 0.05) is 23.8 Å². The van der Waals surface area contributed by atoms with Crippen LogP contribution in [0, 0.1) is 13.8 Å². The maximum Gasteiger partial charge on any atom is 0.164 e. The van der Waals surface area contributed by atoms with Gasteiger partial charge >= 0.3 is 0 Å². The molecule has 1 aromatic carbocycles. The van der Waals surface area contributed by atoms with Crippen molar-refractivity contribution in [3.05, 3.63) is 59.4 Å². The van der Waals surface area contributed by atoms with E-state index in [2.05, 4.69) is 53.0 Å². The van der Waals surface area contributed by atoms with Crippen molar-refractivity contribution >= 4 is 22.6 Å². The number of amidine groups is 1. The van der Waals surface area contributed by atoms with Gasteiger partial charge in [-0.3, -0.25) is 9.98 Å². The molecule has 21 heavy (non-hydrogen) atoms. The Morgan fingerprint density at radius 1 is 1.24 bits per heavy atom. The van der Waals surface area contributed by atoms with Crippen LogP contribution in [0.4, 0.5) is 5.69 Å². The Balaban J connectivity index is 1.96. The average Bonchev–Trinajstić information content (AvgIpc) is 3.00. The molecule has 0 N–H and O–H groups in total. The third-order valence-electron chi connectivity index (χ3n) is 3.51. The first-order valence-electron chi connectivity index (χ1n) is 7.15. The summed E-state index contributed by atoms with van der Waals surface area (Å²) >= 11 is 1.83. The first-order valence-corrected chi connectivity index (χ1v) is 8.13. The van der Waals surface area contributed by atoms with Crippen molar-refractivity contribution in [3.8, 4) is 0 Å². The summed E-state index contributed by atoms with van der Waals surface area (Å²) in [6.45, 7) is 6.01. The summed E-state index contributed by atoms with van der Waals surface area (Å²) in [5.74, 6) is 1.07. The molecule has 0 unspecified atom stereocenters. The van der Waals surface area contributed by atoms with Gasteiger partial charge in [0.15, 0.2) is 5.17 Å². The third-order valence-corrected chi connectivity index (χ3v) is 4.50. The fourth-order valence-electron chi connectivity index (χ4n) is 2.53. The number of anilines is 1. The molecule has 2 heterocycles. The molecule has 1 aromatic heterocycles. The molecule has 108 valence electrons. The van der Waals surface area contributed by atoms with E-state index in [0.29, 0.717) is 0 Å². The summed E-state index contributed by atoms with van der Waals surface area (Å²) in [5, 5.41) is 1.12. The molecule has 0 radical (unpaired) electrons. The van der Waals surface area contributed by atoms with Crippen molar-refractivity contribution in [1.29, 1.82) is 0 Å². The second-order valence-electron chi connectivity index (χ2n) is 5.25. The van der Waals surface area contributed by atoms with E-state index in [1.54, 1.807) is 0 Å². The van der Waals surface area contributed by atoms with Gasteiger partial charge in [0.25, 0.3) is 0 Å². The van der Waals surface area contributed by atoms with E-state index < -0.39 is 0 Å². The fraction of sp³-hybridized carbons (Fsp3) is 0.294. The number of rotatable bonds is 3. The molecular weight excluding hydrogens is 278 g/mol. The number of aromatic nitrogens is 1. The highest BCUT2D eigenvalue weighted by molar-refractivity contribution is 8.14. The highest BCUT2D eigenvalue weighted by atomic mass is 32.2. The first-order chi connectivity index (χ1) is 10.2. The van der Waals surface area contributed by atoms with Crippen LogP contribution < -0.4 is 4.90 Å². The number of benzene rings is 1. The van der Waals surface area contributed by atoms with Gasteiger partial charge in [-0.2, -0.15) is 0 Å². The Kier molecular flexibility index (Phi) is 4.25. The summed E-state index contributed by atoms with van der Waals surface area (Å²) < 4.78 is 0. The number of aliphatic imine (C=N–C) groups is 1. The minimum absolute atomic E-state index is 0.809. The Labute approximate surface area is 130 Å². The Morgan fingerprint density at radius 2 is 2.14 bits per heavy atom. The normalized spacial score (nSPS) is 14.1. The monoisotopic (exact) mass is 297 g/mol. The van der Waals surface area contributed by atoms with Crippen LogP contribution >= 0.6 is 11.8 Å². The molecule has 3 rings (SSSR count). The van der Waals surface area contributed by atoms with Crippen molar-refractivity contribution in [2.75, 3.05) is 17.2 Å². The number of thioether (sulfide) groups is 1. The third kappa shape index (κ3) is 3.27. The summed E-state index contributed by atoms with van der Waals surface area (Å²) in [4.78, 5) is 11.2. The van der Waals surface area contributed by atoms with Crippen molar-refractivity contribution in [1.82, 2.24) is 4.98 Å². The Hall–Kier alpha value is -1.81. The van der Waals surface area contributed by atoms with E-state index in [1.807, 2.05) is 30.2 Å². The quantitative estimate of drug-likeness (QED) is 0.862. The van der Waals surface area contributed by atoms with Gasteiger partial charge < -0.3 is 4.90 Å². The van der Waals surface area contributed by atoms with E-state index in [0.717, 1.165) is 24.0 Å². The van der Waals surface area contributed by atoms with Crippen molar-refractivity contribution in [2.45, 2.75) is 20.4 Å². The topological polar surface area (TPSA) is 28.5 Å². The predicted octanol–water partition coefficient (Wildman–Crippen LogP) is 3.81. The van der Waals surface area contributed by atoms with E-state index in [1.165, 1.54) is 22.4 Å². The second-order valence-corrected chi connectivity index (χ2v) is 6.31. The molecule has 2 aromatic rings. The second kappa shape index (κ2) is 6.31. The van der Waals surface area contributed by atoms with Crippen LogP contribution in [-0.4, -0.2) is 22.4 Å². The fourth-order valence-corrected chi connectivity index (χ4v) is 3.39. The lowest BCUT2D eigenvalue weighted by Gasteiger charge is -2.26. The minimum Gasteiger partial charge on any atom is -0.316 e. The maximum atomic E-state index is 4.66. The largest absolute Gasteiger partial charge is 0.316 e. The molecule has 3 nitrogen and oxygen atoms in total. The molecule has 0 saturated heterocycles. The summed E-state index contributed by atoms with van der Waals surface area (Å²) in [6, 6.07) is 10.7. The lowest BCUT2D eigenvalue weighted by molar-refractivity contribution is 0.987. The summed E-state index contributed by atoms with van der Waals surface area (Å²) in [5.41, 5.74) is 5.01. The zero-order valence-electron chi connectivity index (χ0n) is 12.4. The Bertz CT molecular complexity index is 652. The first kappa shape index (κ1) is 14.1. The molecule has 4 heteroatoms. The zero-order chi connectivity index (χ0) is 14.7. The van der Waals surface area contributed by atoms with Crippen molar-refractivity contribution in [2.24, 2.45) is 4.99 Å². The molecule has 0 spiro atoms. The van der Waals surface area contributed by atoms with E-state index in [9.17, 15) is 0 Å². The maximum absolute atomic E-state index is 4.66. The predicted molar refractivity (Wildman–Crippen MR) is 91.1 cm³/mol. The molecule has 0 amide bonds. The standard InChI is InChI=1S/C17H19N3S/c1-13-5-6-16(14(2)10-13)20(17-19-8-9-21-17)12-15-4-3-7-18-11-15/h3-7,10-11H,8-9,12H2,1-2H3. The van der Waals surface area contributed by atoms with Gasteiger partial charge in [0.2, 0.25) is 0 Å². The van der Waals surface area contributed by atoms with Crippen molar-refractivity contribution in [3.63, 3.8) is 0 Å². The molecule has 0 aliphatic carbocycles. The number of hydrogen-bond donors (Lipinski definition) is 0. The summed E-state index contributed by atoms with van der Waals surface area (Å²) in [6.07, 6.45) is 3.74. The molecule has 0 bridgehead atoms. The summed E-state index contributed by atoms with van der Waals surface area (Å²) in [7, 11) is 0. The van der Waals surface area contributed by atoms with Crippen LogP contribution in [0.3, 0.4) is 0 Å². The number of nitrogens with zero attached hydrogens (tertiary/aromatic N) is 3. The number of hydrogen-bond acceptors (Lipinski definition) is 4. The van der Waals surface area contributed by atoms with E-state index in [4.69, 9.17) is 0 Å². The zero-order valence-corrected chi connectivity index (χ0v) is 13.2. The number of pyridine rings is 1. The van der Waals surface area contributed by atoms with Gasteiger partial charge in [-0.1, -0.05) is 35.5 Å².